The molecule has 110 valence electrons. The molecular formula is C14H17ClFIN2O. The molecule has 1 atom stereocenters. The van der Waals surface area contributed by atoms with Gasteiger partial charge in [-0.1, -0.05) is 0 Å². The van der Waals surface area contributed by atoms with E-state index >= 15 is 0 Å². The van der Waals surface area contributed by atoms with E-state index in [2.05, 4.69) is 4.98 Å². The number of imidazole rings is 1. The Morgan fingerprint density at radius 3 is 2.90 bits per heavy atom. The lowest BCUT2D eigenvalue weighted by molar-refractivity contribution is 0.119. The average molecular weight is 411 g/mol. The van der Waals surface area contributed by atoms with Crippen molar-refractivity contribution in [2.75, 3.05) is 19.1 Å². The molecule has 1 unspecified atom stereocenters. The van der Waals surface area contributed by atoms with Gasteiger partial charge in [0, 0.05) is 25.0 Å². The first-order chi connectivity index (χ1) is 9.58. The topological polar surface area (TPSA) is 27.1 Å². The highest BCUT2D eigenvalue weighted by molar-refractivity contribution is 14.1. The van der Waals surface area contributed by atoms with Gasteiger partial charge in [-0.15, -0.1) is 11.6 Å². The second-order valence-electron chi connectivity index (χ2n) is 4.60. The quantitative estimate of drug-likeness (QED) is 0.528. The standard InChI is InChI=1S/C14H17ClFIN2O/c1-3-20-8-9(2)19-13-6-10(16)11(17)7-12(13)18-14(19)4-5-15/h6-7,9H,3-5,8H2,1-2H3. The van der Waals surface area contributed by atoms with Crippen LogP contribution in [0.4, 0.5) is 4.39 Å². The van der Waals surface area contributed by atoms with Crippen molar-refractivity contribution in [2.45, 2.75) is 26.3 Å². The summed E-state index contributed by atoms with van der Waals surface area (Å²) in [7, 11) is 0. The number of aryl methyl sites for hydroxylation is 1. The number of rotatable bonds is 6. The smallest absolute Gasteiger partial charge is 0.138 e. The number of nitrogens with zero attached hydrogens (tertiary/aromatic N) is 2. The summed E-state index contributed by atoms with van der Waals surface area (Å²) in [6, 6.07) is 3.41. The summed E-state index contributed by atoms with van der Waals surface area (Å²) in [5.41, 5.74) is 1.61. The number of alkyl halides is 1. The fourth-order valence-electron chi connectivity index (χ4n) is 2.26. The van der Waals surface area contributed by atoms with Crippen LogP contribution in [0.3, 0.4) is 0 Å². The summed E-state index contributed by atoms with van der Waals surface area (Å²) < 4.78 is 21.9. The van der Waals surface area contributed by atoms with Gasteiger partial charge in [-0.25, -0.2) is 9.37 Å². The monoisotopic (exact) mass is 410 g/mol. The largest absolute Gasteiger partial charge is 0.380 e. The Morgan fingerprint density at radius 1 is 1.50 bits per heavy atom. The zero-order valence-electron chi connectivity index (χ0n) is 11.5. The minimum Gasteiger partial charge on any atom is -0.380 e. The van der Waals surface area contributed by atoms with E-state index in [9.17, 15) is 4.39 Å². The average Bonchev–Trinajstić information content (AvgIpc) is 2.74. The summed E-state index contributed by atoms with van der Waals surface area (Å²) in [6.07, 6.45) is 0.658. The van der Waals surface area contributed by atoms with Gasteiger partial charge in [0.1, 0.15) is 11.6 Å². The van der Waals surface area contributed by atoms with E-state index in [-0.39, 0.29) is 11.9 Å². The SMILES string of the molecule is CCOCC(C)n1c(CCCl)nc2cc(I)c(F)cc21. The second kappa shape index (κ2) is 7.04. The van der Waals surface area contributed by atoms with Crippen LogP contribution >= 0.6 is 34.2 Å². The predicted octanol–water partition coefficient (Wildman–Crippen LogP) is 4.16. The maximum Gasteiger partial charge on any atom is 0.138 e. The van der Waals surface area contributed by atoms with Gasteiger partial charge in [-0.2, -0.15) is 0 Å². The molecule has 0 spiro atoms. The Labute approximate surface area is 136 Å². The van der Waals surface area contributed by atoms with Gasteiger partial charge in [0.15, 0.2) is 0 Å². The number of fused-ring (bicyclic) bond motifs is 1. The van der Waals surface area contributed by atoms with Crippen molar-refractivity contribution in [2.24, 2.45) is 0 Å². The van der Waals surface area contributed by atoms with Crippen molar-refractivity contribution in [1.82, 2.24) is 9.55 Å². The van der Waals surface area contributed by atoms with Gasteiger partial charge in [-0.3, -0.25) is 0 Å². The van der Waals surface area contributed by atoms with E-state index in [0.717, 1.165) is 16.9 Å². The highest BCUT2D eigenvalue weighted by Gasteiger charge is 2.17. The van der Waals surface area contributed by atoms with Gasteiger partial charge < -0.3 is 9.30 Å². The highest BCUT2D eigenvalue weighted by atomic mass is 127. The Morgan fingerprint density at radius 2 is 2.25 bits per heavy atom. The highest BCUT2D eigenvalue weighted by Crippen LogP contribution is 2.25. The third kappa shape index (κ3) is 3.26. The van der Waals surface area contributed by atoms with Crippen LogP contribution in [0.1, 0.15) is 25.7 Å². The zero-order valence-corrected chi connectivity index (χ0v) is 14.4. The van der Waals surface area contributed by atoms with Gasteiger partial charge in [0.2, 0.25) is 0 Å². The van der Waals surface area contributed by atoms with Crippen LogP contribution in [0, 0.1) is 9.39 Å². The van der Waals surface area contributed by atoms with Crippen LogP contribution in [-0.2, 0) is 11.2 Å². The van der Waals surface area contributed by atoms with Crippen LogP contribution in [-0.4, -0.2) is 28.6 Å². The van der Waals surface area contributed by atoms with E-state index < -0.39 is 0 Å². The summed E-state index contributed by atoms with van der Waals surface area (Å²) in [5, 5.41) is 0. The van der Waals surface area contributed by atoms with E-state index in [1.54, 1.807) is 12.1 Å². The third-order valence-electron chi connectivity index (χ3n) is 3.13. The minimum atomic E-state index is -0.222. The first kappa shape index (κ1) is 16.0. The first-order valence-corrected chi connectivity index (χ1v) is 8.19. The maximum absolute atomic E-state index is 13.8. The summed E-state index contributed by atoms with van der Waals surface area (Å²) >= 11 is 7.83. The number of aromatic nitrogens is 2. The number of hydrogen-bond acceptors (Lipinski definition) is 2. The molecule has 0 N–H and O–H groups in total. The maximum atomic E-state index is 13.8. The van der Waals surface area contributed by atoms with Gasteiger partial charge >= 0.3 is 0 Å². The molecule has 2 rings (SSSR count). The molecule has 20 heavy (non-hydrogen) atoms. The Kier molecular flexibility index (Phi) is 5.63. The van der Waals surface area contributed by atoms with Crippen molar-refractivity contribution >= 4 is 45.2 Å². The lowest BCUT2D eigenvalue weighted by Crippen LogP contribution is -2.15. The molecule has 1 aromatic heterocycles. The Hall–Kier alpha value is -0.400. The molecule has 0 saturated heterocycles. The normalized spacial score (nSPS) is 13.1. The molecule has 0 bridgehead atoms. The Balaban J connectivity index is 2.52. The molecule has 3 nitrogen and oxygen atoms in total. The summed E-state index contributed by atoms with van der Waals surface area (Å²) in [4.78, 5) is 4.59. The minimum absolute atomic E-state index is 0.0950. The number of ether oxygens (including phenoxy) is 1. The molecule has 6 heteroatoms. The van der Waals surface area contributed by atoms with Crippen molar-refractivity contribution in [3.63, 3.8) is 0 Å². The Bertz CT molecular complexity index is 602. The van der Waals surface area contributed by atoms with Crippen LogP contribution in [0.2, 0.25) is 0 Å². The first-order valence-electron chi connectivity index (χ1n) is 6.58. The molecule has 0 fully saturated rings. The fourth-order valence-corrected chi connectivity index (χ4v) is 2.88. The molecule has 2 aromatic rings. The van der Waals surface area contributed by atoms with Gasteiger partial charge in [0.25, 0.3) is 0 Å². The van der Waals surface area contributed by atoms with Crippen LogP contribution in [0.5, 0.6) is 0 Å². The van der Waals surface area contributed by atoms with Crippen molar-refractivity contribution in [1.29, 1.82) is 0 Å². The molecule has 1 heterocycles. The predicted molar refractivity (Wildman–Crippen MR) is 88.0 cm³/mol. The third-order valence-corrected chi connectivity index (χ3v) is 4.14. The number of hydrogen-bond donors (Lipinski definition) is 0. The zero-order chi connectivity index (χ0) is 14.7. The van der Waals surface area contributed by atoms with Crippen LogP contribution < -0.4 is 0 Å². The molecule has 0 aliphatic rings. The molecule has 1 aromatic carbocycles. The van der Waals surface area contributed by atoms with E-state index in [0.29, 0.717) is 29.1 Å². The molecular weight excluding hydrogens is 394 g/mol. The molecule has 0 aliphatic heterocycles. The second-order valence-corrected chi connectivity index (χ2v) is 6.14. The molecule has 0 aliphatic carbocycles. The lowest BCUT2D eigenvalue weighted by atomic mass is 10.2. The molecule has 0 saturated carbocycles. The van der Waals surface area contributed by atoms with E-state index in [1.807, 2.05) is 41.0 Å². The number of halogens is 3. The van der Waals surface area contributed by atoms with Crippen LogP contribution in [0.25, 0.3) is 11.0 Å². The lowest BCUT2D eigenvalue weighted by Gasteiger charge is -2.17. The molecule has 0 radical (unpaired) electrons. The summed E-state index contributed by atoms with van der Waals surface area (Å²) in [5.74, 6) is 1.15. The van der Waals surface area contributed by atoms with Gasteiger partial charge in [0.05, 0.1) is 27.3 Å². The van der Waals surface area contributed by atoms with E-state index in [4.69, 9.17) is 16.3 Å². The van der Waals surface area contributed by atoms with Crippen molar-refractivity contribution in [3.8, 4) is 0 Å². The summed E-state index contributed by atoms with van der Waals surface area (Å²) in [6.45, 7) is 5.24. The van der Waals surface area contributed by atoms with E-state index in [1.165, 1.54) is 0 Å². The molecule has 0 amide bonds. The van der Waals surface area contributed by atoms with Gasteiger partial charge in [-0.05, 0) is 42.5 Å². The van der Waals surface area contributed by atoms with Crippen molar-refractivity contribution in [3.05, 3.63) is 27.3 Å². The number of benzene rings is 1. The fraction of sp³-hybridized carbons (Fsp3) is 0.500. The van der Waals surface area contributed by atoms with Crippen molar-refractivity contribution < 1.29 is 9.13 Å². The van der Waals surface area contributed by atoms with Crippen LogP contribution in [0.15, 0.2) is 12.1 Å².